The van der Waals surface area contributed by atoms with E-state index in [4.69, 9.17) is 9.47 Å². The number of tetrazole rings is 1. The van der Waals surface area contributed by atoms with Gasteiger partial charge in [0.1, 0.15) is 17.2 Å². The first-order chi connectivity index (χ1) is 22.7. The standard InChI is InChI=1S/C34H38F3N7O3/c1-23(45)18-41-16-17-43-26(19-41)20-42(22-29(43)31(24-10-6-4-7-11-24)25-12-8-5-9-13-25)21-27-30(46-2)15-14-28(32(27)47-3)44-33(34(35,36)37)38-39-40-44/h4-15,26,29,31H,16-22H2,1-3H3/t26-,29-/m0/s1. The van der Waals surface area contributed by atoms with Crippen molar-refractivity contribution in [3.05, 3.63) is 95.3 Å². The summed E-state index contributed by atoms with van der Waals surface area (Å²) in [7, 11) is 2.94. The molecule has 2 atom stereocenters. The van der Waals surface area contributed by atoms with Gasteiger partial charge in [-0.05, 0) is 40.6 Å². The van der Waals surface area contributed by atoms with Crippen LogP contribution in [0.2, 0.25) is 0 Å². The van der Waals surface area contributed by atoms with Crippen LogP contribution in [0, 0.1) is 0 Å². The van der Waals surface area contributed by atoms with Crippen molar-refractivity contribution in [3.63, 3.8) is 0 Å². The van der Waals surface area contributed by atoms with Gasteiger partial charge in [-0.25, -0.2) is 0 Å². The van der Waals surface area contributed by atoms with E-state index < -0.39 is 12.0 Å². The van der Waals surface area contributed by atoms with Crippen LogP contribution in [0.3, 0.4) is 0 Å². The van der Waals surface area contributed by atoms with Gasteiger partial charge in [0.25, 0.3) is 5.82 Å². The Bertz CT molecular complexity index is 1630. The molecular formula is C34H38F3N7O3. The van der Waals surface area contributed by atoms with Crippen molar-refractivity contribution in [1.82, 2.24) is 34.9 Å². The van der Waals surface area contributed by atoms with Gasteiger partial charge in [-0.1, -0.05) is 60.7 Å². The monoisotopic (exact) mass is 649 g/mol. The fraction of sp³-hybridized carbons (Fsp3) is 0.412. The molecule has 0 saturated carbocycles. The van der Waals surface area contributed by atoms with E-state index in [1.807, 2.05) is 12.1 Å². The Balaban J connectivity index is 1.41. The molecule has 0 radical (unpaired) electrons. The largest absolute Gasteiger partial charge is 0.496 e. The van der Waals surface area contributed by atoms with E-state index in [9.17, 15) is 18.0 Å². The van der Waals surface area contributed by atoms with Crippen LogP contribution in [0.15, 0.2) is 72.8 Å². The highest BCUT2D eigenvalue weighted by atomic mass is 19.4. The van der Waals surface area contributed by atoms with Crippen LogP contribution >= 0.6 is 0 Å². The summed E-state index contributed by atoms with van der Waals surface area (Å²) in [6.07, 6.45) is -4.77. The number of aromatic nitrogens is 4. The molecule has 3 heterocycles. The van der Waals surface area contributed by atoms with Crippen LogP contribution in [-0.4, -0.2) is 106 Å². The number of halogens is 3. The first kappa shape index (κ1) is 32.6. The quantitative estimate of drug-likeness (QED) is 0.250. The van der Waals surface area contributed by atoms with E-state index >= 15 is 0 Å². The molecule has 3 aromatic carbocycles. The first-order valence-corrected chi connectivity index (χ1v) is 15.6. The first-order valence-electron chi connectivity index (χ1n) is 15.6. The van der Waals surface area contributed by atoms with Crippen LogP contribution in [0.5, 0.6) is 11.5 Å². The smallest absolute Gasteiger partial charge is 0.453 e. The number of hydrogen-bond donors (Lipinski definition) is 0. The molecule has 0 bridgehead atoms. The van der Waals surface area contributed by atoms with Gasteiger partial charge in [0, 0.05) is 57.3 Å². The molecule has 0 amide bonds. The average molecular weight is 650 g/mol. The van der Waals surface area contributed by atoms with Gasteiger partial charge in [0.15, 0.2) is 5.75 Å². The summed E-state index contributed by atoms with van der Waals surface area (Å²) in [5, 5.41) is 10.2. The van der Waals surface area contributed by atoms with Gasteiger partial charge in [0.05, 0.1) is 26.3 Å². The Hall–Kier alpha value is -4.33. The summed E-state index contributed by atoms with van der Waals surface area (Å²) in [5.74, 6) is -0.391. The summed E-state index contributed by atoms with van der Waals surface area (Å²) in [5.41, 5.74) is 3.06. The molecule has 4 aromatic rings. The summed E-state index contributed by atoms with van der Waals surface area (Å²) in [6, 6.07) is 24.2. The molecule has 1 aromatic heterocycles. The SMILES string of the molecule is COc1ccc(-n2nnnc2C(F)(F)F)c(OC)c1CN1C[C@@H]2CN(CC(C)=O)CCN2[C@H](C(c2ccccc2)c2ccccc2)C1. The number of rotatable bonds is 10. The number of ketones is 1. The number of methoxy groups -OCH3 is 2. The summed E-state index contributed by atoms with van der Waals surface area (Å²) < 4.78 is 53.6. The average Bonchev–Trinajstić information content (AvgIpc) is 3.56. The van der Waals surface area contributed by atoms with E-state index in [0.717, 1.165) is 19.6 Å². The lowest BCUT2D eigenvalue weighted by Gasteiger charge is -2.53. The zero-order valence-electron chi connectivity index (χ0n) is 26.6. The number of nitrogens with zero attached hydrogens (tertiary/aromatic N) is 7. The topological polar surface area (TPSA) is 88.8 Å². The molecular weight excluding hydrogens is 611 g/mol. The van der Waals surface area contributed by atoms with Crippen molar-refractivity contribution >= 4 is 5.78 Å². The highest BCUT2D eigenvalue weighted by molar-refractivity contribution is 5.77. The maximum absolute atomic E-state index is 13.8. The predicted molar refractivity (Wildman–Crippen MR) is 169 cm³/mol. The Kier molecular flexibility index (Phi) is 9.57. The molecule has 6 rings (SSSR count). The minimum absolute atomic E-state index is 0.0488. The lowest BCUT2D eigenvalue weighted by Crippen LogP contribution is -2.67. The van der Waals surface area contributed by atoms with Crippen LogP contribution < -0.4 is 9.47 Å². The number of alkyl halides is 3. The van der Waals surface area contributed by atoms with Gasteiger partial charge < -0.3 is 9.47 Å². The third kappa shape index (κ3) is 6.87. The Labute approximate surface area is 271 Å². The van der Waals surface area contributed by atoms with Crippen molar-refractivity contribution in [1.29, 1.82) is 0 Å². The van der Waals surface area contributed by atoms with Crippen molar-refractivity contribution in [2.75, 3.05) is 53.5 Å². The Morgan fingerprint density at radius 1 is 0.894 bits per heavy atom. The lowest BCUT2D eigenvalue weighted by molar-refractivity contribution is -0.146. The number of carbonyl (C=O) groups is 1. The second-order valence-corrected chi connectivity index (χ2v) is 12.1. The van der Waals surface area contributed by atoms with Gasteiger partial charge in [-0.2, -0.15) is 17.9 Å². The number of piperazine rings is 2. The molecule has 248 valence electrons. The molecule has 2 aliphatic heterocycles. The molecule has 47 heavy (non-hydrogen) atoms. The minimum atomic E-state index is -4.77. The fourth-order valence-electron chi connectivity index (χ4n) is 7.20. The minimum Gasteiger partial charge on any atom is -0.496 e. The summed E-state index contributed by atoms with van der Waals surface area (Å²) in [6.45, 7) is 6.03. The number of Topliss-reactive ketones (excluding diaryl/α,β-unsaturated/α-hetero) is 1. The van der Waals surface area contributed by atoms with E-state index in [1.54, 1.807) is 13.0 Å². The van der Waals surface area contributed by atoms with E-state index in [1.165, 1.54) is 31.4 Å². The second kappa shape index (κ2) is 13.8. The molecule has 2 fully saturated rings. The summed E-state index contributed by atoms with van der Waals surface area (Å²) in [4.78, 5) is 19.2. The third-order valence-electron chi connectivity index (χ3n) is 9.05. The van der Waals surface area contributed by atoms with Gasteiger partial charge in [0.2, 0.25) is 0 Å². The Morgan fingerprint density at radius 2 is 1.55 bits per heavy atom. The summed E-state index contributed by atoms with van der Waals surface area (Å²) >= 11 is 0. The fourth-order valence-corrected chi connectivity index (χ4v) is 7.20. The second-order valence-electron chi connectivity index (χ2n) is 12.1. The van der Waals surface area contributed by atoms with Gasteiger partial charge in [-0.3, -0.25) is 19.5 Å². The van der Waals surface area contributed by atoms with Crippen LogP contribution in [0.4, 0.5) is 13.2 Å². The number of fused-ring (bicyclic) bond motifs is 1. The van der Waals surface area contributed by atoms with Crippen molar-refractivity contribution in [3.8, 4) is 17.2 Å². The number of benzene rings is 3. The maximum Gasteiger partial charge on any atom is 0.453 e. The molecule has 2 aliphatic rings. The van der Waals surface area contributed by atoms with Gasteiger partial charge in [-0.15, -0.1) is 5.10 Å². The lowest BCUT2D eigenvalue weighted by atomic mass is 9.81. The molecule has 2 saturated heterocycles. The highest BCUT2D eigenvalue weighted by Crippen LogP contribution is 2.40. The van der Waals surface area contributed by atoms with Crippen molar-refractivity contribution in [2.24, 2.45) is 0 Å². The zero-order chi connectivity index (χ0) is 33.1. The van der Waals surface area contributed by atoms with Crippen LogP contribution in [0.1, 0.15) is 35.4 Å². The third-order valence-corrected chi connectivity index (χ3v) is 9.05. The van der Waals surface area contributed by atoms with E-state index in [0.29, 0.717) is 42.2 Å². The number of hydrogen-bond acceptors (Lipinski definition) is 9. The number of ether oxygens (including phenoxy) is 2. The molecule has 13 heteroatoms. The molecule has 0 unspecified atom stereocenters. The molecule has 10 nitrogen and oxygen atoms in total. The van der Waals surface area contributed by atoms with Crippen LogP contribution in [-0.2, 0) is 17.5 Å². The molecule has 0 N–H and O–H groups in total. The van der Waals surface area contributed by atoms with E-state index in [2.05, 4.69) is 78.8 Å². The molecule has 0 spiro atoms. The maximum atomic E-state index is 13.8. The zero-order valence-corrected chi connectivity index (χ0v) is 26.6. The number of carbonyl (C=O) groups excluding carboxylic acids is 1. The van der Waals surface area contributed by atoms with Crippen LogP contribution in [0.25, 0.3) is 5.69 Å². The van der Waals surface area contributed by atoms with Gasteiger partial charge >= 0.3 is 6.18 Å². The van der Waals surface area contributed by atoms with E-state index in [-0.39, 0.29) is 35.2 Å². The molecule has 0 aliphatic carbocycles. The normalized spacial score (nSPS) is 19.5. The van der Waals surface area contributed by atoms with Crippen molar-refractivity contribution in [2.45, 2.75) is 37.6 Å². The predicted octanol–water partition coefficient (Wildman–Crippen LogP) is 4.29. The van der Waals surface area contributed by atoms with Crippen molar-refractivity contribution < 1.29 is 27.4 Å². The highest BCUT2D eigenvalue weighted by Gasteiger charge is 2.43. The Morgan fingerprint density at radius 3 is 2.15 bits per heavy atom.